The van der Waals surface area contributed by atoms with Crippen molar-refractivity contribution in [1.82, 2.24) is 0 Å². The molecule has 2 nitrogen and oxygen atoms in total. The van der Waals surface area contributed by atoms with Gasteiger partial charge < -0.3 is 5.11 Å². The molecule has 0 fully saturated rings. The summed E-state index contributed by atoms with van der Waals surface area (Å²) in [4.78, 5) is 0. The lowest BCUT2D eigenvalue weighted by Gasteiger charge is -2.19. The van der Waals surface area contributed by atoms with Crippen molar-refractivity contribution in [3.8, 4) is 0 Å². The summed E-state index contributed by atoms with van der Waals surface area (Å²) in [5.74, 6) is 0. The van der Waals surface area contributed by atoms with Crippen LogP contribution in [-0.4, -0.2) is 17.0 Å². The molecule has 0 bridgehead atoms. The third-order valence-corrected chi connectivity index (χ3v) is 0.574. The van der Waals surface area contributed by atoms with Crippen LogP contribution in [0.2, 0.25) is 0 Å². The van der Waals surface area contributed by atoms with Gasteiger partial charge in [-0.3, -0.25) is 5.73 Å². The summed E-state index contributed by atoms with van der Waals surface area (Å²) in [6.45, 7) is 0.479. The third kappa shape index (κ3) is 1.67. The molecule has 0 aliphatic heterocycles. The highest BCUT2D eigenvalue weighted by atomic mass is 19.4. The summed E-state index contributed by atoms with van der Waals surface area (Å²) in [6, 6.07) is 0. The molecule has 5 heteroatoms. The van der Waals surface area contributed by atoms with Crippen LogP contribution in [0.5, 0.6) is 0 Å². The largest absolute Gasteiger partial charge is 0.430 e. The second-order valence-corrected chi connectivity index (χ2v) is 1.65. The number of rotatable bonds is 0. The maximum absolute atomic E-state index is 11.2. The molecule has 8 heavy (non-hydrogen) atoms. The minimum Gasteiger partial charge on any atom is -0.368 e. The quantitative estimate of drug-likeness (QED) is 0.459. The maximum atomic E-state index is 11.2. The lowest BCUT2D eigenvalue weighted by molar-refractivity contribution is -0.250. The molecule has 0 saturated carbocycles. The fraction of sp³-hybridized carbons (Fsp3) is 1.00. The lowest BCUT2D eigenvalue weighted by atomic mass is 10.3. The molecule has 50 valence electrons. The van der Waals surface area contributed by atoms with Gasteiger partial charge in [0.15, 0.2) is 0 Å². The summed E-state index contributed by atoms with van der Waals surface area (Å²) in [7, 11) is 0. The van der Waals surface area contributed by atoms with Crippen molar-refractivity contribution in [2.45, 2.75) is 18.8 Å². The van der Waals surface area contributed by atoms with Gasteiger partial charge in [0.25, 0.3) is 0 Å². The van der Waals surface area contributed by atoms with Crippen LogP contribution >= 0.6 is 0 Å². The Labute approximate surface area is 44.1 Å². The average Bonchev–Trinajstić information content (AvgIpc) is 1.25. The molecule has 0 aromatic rings. The molecule has 1 unspecified atom stereocenters. The summed E-state index contributed by atoms with van der Waals surface area (Å²) >= 11 is 0. The molecule has 0 aromatic heterocycles. The predicted octanol–water partition coefficient (Wildman–Crippen LogP) is 0.216. The fourth-order valence-corrected chi connectivity index (χ4v) is 0. The Morgan fingerprint density at radius 2 is 1.50 bits per heavy atom. The Bertz CT molecular complexity index is 69.5. The molecule has 0 aromatic carbocycles. The molecule has 0 spiro atoms. The van der Waals surface area contributed by atoms with Crippen molar-refractivity contribution >= 4 is 0 Å². The van der Waals surface area contributed by atoms with E-state index < -0.39 is 11.9 Å². The van der Waals surface area contributed by atoms with E-state index in [0.29, 0.717) is 6.92 Å². The average molecular weight is 129 g/mol. The zero-order chi connectivity index (χ0) is 7.00. The van der Waals surface area contributed by atoms with Gasteiger partial charge >= 0.3 is 6.18 Å². The van der Waals surface area contributed by atoms with Crippen LogP contribution in [0.25, 0.3) is 0 Å². The number of hydrogen-bond acceptors (Lipinski definition) is 2. The van der Waals surface area contributed by atoms with Crippen molar-refractivity contribution in [2.24, 2.45) is 5.73 Å². The Morgan fingerprint density at radius 3 is 1.50 bits per heavy atom. The summed E-state index contributed by atoms with van der Waals surface area (Å²) < 4.78 is 33.6. The van der Waals surface area contributed by atoms with E-state index in [9.17, 15) is 13.2 Å². The van der Waals surface area contributed by atoms with Gasteiger partial charge in [0.2, 0.25) is 5.72 Å². The highest BCUT2D eigenvalue weighted by molar-refractivity contribution is 4.72. The van der Waals surface area contributed by atoms with Gasteiger partial charge in [-0.05, 0) is 6.92 Å². The first-order valence-electron chi connectivity index (χ1n) is 1.83. The van der Waals surface area contributed by atoms with Crippen molar-refractivity contribution in [3.05, 3.63) is 0 Å². The maximum Gasteiger partial charge on any atom is 0.430 e. The highest BCUT2D eigenvalue weighted by Gasteiger charge is 2.46. The Balaban J connectivity index is 4.02. The van der Waals surface area contributed by atoms with Crippen molar-refractivity contribution in [2.75, 3.05) is 0 Å². The zero-order valence-corrected chi connectivity index (χ0v) is 4.16. The van der Waals surface area contributed by atoms with Gasteiger partial charge in [0.1, 0.15) is 0 Å². The SMILES string of the molecule is CC(N)(O)C(F)(F)F. The molecule has 3 N–H and O–H groups in total. The number of halogens is 3. The van der Waals surface area contributed by atoms with Crippen LogP contribution in [0.3, 0.4) is 0 Å². The topological polar surface area (TPSA) is 46.2 Å². The van der Waals surface area contributed by atoms with E-state index in [-0.39, 0.29) is 0 Å². The molecule has 0 aliphatic carbocycles. The first-order chi connectivity index (χ1) is 3.25. The van der Waals surface area contributed by atoms with E-state index in [1.165, 1.54) is 0 Å². The van der Waals surface area contributed by atoms with E-state index in [1.807, 2.05) is 0 Å². The molecule has 0 radical (unpaired) electrons. The Hall–Kier alpha value is -0.290. The molecule has 0 saturated heterocycles. The van der Waals surface area contributed by atoms with E-state index in [2.05, 4.69) is 5.73 Å². The minimum absolute atomic E-state index is 0.479. The lowest BCUT2D eigenvalue weighted by Crippen LogP contribution is -2.50. The van der Waals surface area contributed by atoms with Gasteiger partial charge in [-0.25, -0.2) is 0 Å². The minimum atomic E-state index is -4.73. The summed E-state index contributed by atoms with van der Waals surface area (Å²) in [5, 5.41) is 8.01. The summed E-state index contributed by atoms with van der Waals surface area (Å²) in [6.07, 6.45) is -4.73. The molecule has 0 aliphatic rings. The van der Waals surface area contributed by atoms with Gasteiger partial charge in [-0.15, -0.1) is 0 Å². The van der Waals surface area contributed by atoms with Crippen LogP contribution in [0.15, 0.2) is 0 Å². The summed E-state index contributed by atoms with van der Waals surface area (Å²) in [5.41, 5.74) is 1.18. The number of alkyl halides is 3. The van der Waals surface area contributed by atoms with Crippen molar-refractivity contribution < 1.29 is 18.3 Å². The molecular weight excluding hydrogens is 123 g/mol. The first kappa shape index (κ1) is 7.71. The van der Waals surface area contributed by atoms with Crippen LogP contribution < -0.4 is 5.73 Å². The standard InChI is InChI=1S/C3H6F3NO/c1-2(7,8)3(4,5)6/h8H,7H2,1H3. The number of nitrogens with two attached hydrogens (primary N) is 1. The van der Waals surface area contributed by atoms with Gasteiger partial charge in [0.05, 0.1) is 0 Å². The monoisotopic (exact) mass is 129 g/mol. The number of aliphatic hydroxyl groups is 1. The van der Waals surface area contributed by atoms with Crippen LogP contribution in [-0.2, 0) is 0 Å². The zero-order valence-electron chi connectivity index (χ0n) is 4.16. The number of hydrogen-bond donors (Lipinski definition) is 2. The molecule has 0 heterocycles. The van der Waals surface area contributed by atoms with Gasteiger partial charge in [0, 0.05) is 0 Å². The third-order valence-electron chi connectivity index (χ3n) is 0.574. The van der Waals surface area contributed by atoms with Crippen molar-refractivity contribution in [1.29, 1.82) is 0 Å². The van der Waals surface area contributed by atoms with Gasteiger partial charge in [-0.2, -0.15) is 13.2 Å². The predicted molar refractivity (Wildman–Crippen MR) is 20.9 cm³/mol. The highest BCUT2D eigenvalue weighted by Crippen LogP contribution is 2.24. The normalized spacial score (nSPS) is 20.2. The van der Waals surface area contributed by atoms with Crippen LogP contribution in [0.4, 0.5) is 13.2 Å². The smallest absolute Gasteiger partial charge is 0.368 e. The van der Waals surface area contributed by atoms with E-state index in [4.69, 9.17) is 5.11 Å². The Kier molecular flexibility index (Phi) is 1.54. The molecule has 0 rings (SSSR count). The van der Waals surface area contributed by atoms with E-state index in [0.717, 1.165) is 0 Å². The van der Waals surface area contributed by atoms with Gasteiger partial charge in [-0.1, -0.05) is 0 Å². The van der Waals surface area contributed by atoms with Crippen LogP contribution in [0, 0.1) is 0 Å². The second-order valence-electron chi connectivity index (χ2n) is 1.65. The van der Waals surface area contributed by atoms with Crippen LogP contribution in [0.1, 0.15) is 6.92 Å². The second kappa shape index (κ2) is 1.60. The molecule has 0 amide bonds. The first-order valence-corrected chi connectivity index (χ1v) is 1.83. The van der Waals surface area contributed by atoms with E-state index in [1.54, 1.807) is 0 Å². The molecule has 1 atom stereocenters. The fourth-order valence-electron chi connectivity index (χ4n) is 0. The molecular formula is C3H6F3NO. The van der Waals surface area contributed by atoms with Crippen molar-refractivity contribution in [3.63, 3.8) is 0 Å². The Morgan fingerprint density at radius 1 is 1.38 bits per heavy atom. The van der Waals surface area contributed by atoms with E-state index >= 15 is 0 Å².